The summed E-state index contributed by atoms with van der Waals surface area (Å²) in [5, 5.41) is 0. The van der Waals surface area contributed by atoms with Gasteiger partial charge in [-0.05, 0) is 38.9 Å². The molecular formula is C11H19F3N2S. The molecule has 100 valence electrons. The van der Waals surface area contributed by atoms with E-state index in [4.69, 9.17) is 18.0 Å². The molecule has 6 heteroatoms. The normalized spacial score (nSPS) is 21.4. The van der Waals surface area contributed by atoms with Crippen LogP contribution in [0.25, 0.3) is 0 Å². The number of hydrogen-bond donors (Lipinski definition) is 1. The first kappa shape index (κ1) is 14.7. The monoisotopic (exact) mass is 268 g/mol. The maximum absolute atomic E-state index is 12.0. The van der Waals surface area contributed by atoms with Gasteiger partial charge in [-0.2, -0.15) is 13.2 Å². The van der Waals surface area contributed by atoms with Gasteiger partial charge in [-0.1, -0.05) is 19.1 Å². The van der Waals surface area contributed by atoms with Crippen LogP contribution < -0.4 is 5.73 Å². The molecule has 0 aliphatic carbocycles. The maximum Gasteiger partial charge on any atom is 0.389 e. The predicted octanol–water partition coefficient (Wildman–Crippen LogP) is 2.72. The Morgan fingerprint density at radius 2 is 1.88 bits per heavy atom. The minimum absolute atomic E-state index is 0.115. The van der Waals surface area contributed by atoms with E-state index in [1.54, 1.807) is 0 Å². The van der Waals surface area contributed by atoms with Gasteiger partial charge in [0.2, 0.25) is 0 Å². The summed E-state index contributed by atoms with van der Waals surface area (Å²) < 4.78 is 36.0. The standard InChI is InChI=1S/C11H19F3N2S/c1-10(9(15)17)4-7-16(8-5-10)6-2-3-11(12,13)14/h2-8H2,1H3,(H2,15,17). The number of halogens is 3. The first-order valence-corrected chi connectivity index (χ1v) is 6.23. The van der Waals surface area contributed by atoms with Crippen LogP contribution >= 0.6 is 12.2 Å². The van der Waals surface area contributed by atoms with Gasteiger partial charge in [0, 0.05) is 11.8 Å². The van der Waals surface area contributed by atoms with E-state index in [0.29, 0.717) is 11.5 Å². The van der Waals surface area contributed by atoms with E-state index in [0.717, 1.165) is 25.9 Å². The fourth-order valence-corrected chi connectivity index (χ4v) is 2.22. The minimum atomic E-state index is -4.04. The molecule has 0 bridgehead atoms. The van der Waals surface area contributed by atoms with Gasteiger partial charge >= 0.3 is 6.18 Å². The van der Waals surface area contributed by atoms with E-state index in [1.807, 2.05) is 6.92 Å². The van der Waals surface area contributed by atoms with Crippen molar-refractivity contribution < 1.29 is 13.2 Å². The van der Waals surface area contributed by atoms with Crippen molar-refractivity contribution in [3.8, 4) is 0 Å². The van der Waals surface area contributed by atoms with Crippen LogP contribution in [-0.4, -0.2) is 35.7 Å². The first-order chi connectivity index (χ1) is 7.73. The highest BCUT2D eigenvalue weighted by Crippen LogP contribution is 2.31. The third-order valence-electron chi connectivity index (χ3n) is 3.49. The lowest BCUT2D eigenvalue weighted by atomic mass is 9.80. The molecule has 1 heterocycles. The van der Waals surface area contributed by atoms with Crippen molar-refractivity contribution in [3.63, 3.8) is 0 Å². The molecule has 2 N–H and O–H groups in total. The topological polar surface area (TPSA) is 29.3 Å². The Morgan fingerprint density at radius 1 is 1.35 bits per heavy atom. The lowest BCUT2D eigenvalue weighted by Crippen LogP contribution is -2.44. The Hall–Kier alpha value is -0.360. The second-order valence-electron chi connectivity index (χ2n) is 4.99. The number of likely N-dealkylation sites (tertiary alicyclic amines) is 1. The van der Waals surface area contributed by atoms with E-state index in [9.17, 15) is 13.2 Å². The molecule has 17 heavy (non-hydrogen) atoms. The van der Waals surface area contributed by atoms with Crippen LogP contribution in [0, 0.1) is 5.41 Å². The molecule has 1 aliphatic heterocycles. The molecule has 0 aromatic heterocycles. The number of nitrogens with two attached hydrogens (primary N) is 1. The summed E-state index contributed by atoms with van der Waals surface area (Å²) in [5.41, 5.74) is 5.55. The fraction of sp³-hybridized carbons (Fsp3) is 0.909. The summed E-state index contributed by atoms with van der Waals surface area (Å²) in [6.45, 7) is 4.10. The highest BCUT2D eigenvalue weighted by Gasteiger charge is 2.33. The molecule has 0 spiro atoms. The van der Waals surface area contributed by atoms with Gasteiger partial charge in [0.15, 0.2) is 0 Å². The van der Waals surface area contributed by atoms with Gasteiger partial charge in [-0.25, -0.2) is 0 Å². The zero-order chi connectivity index (χ0) is 13.1. The van der Waals surface area contributed by atoms with Crippen molar-refractivity contribution in [1.29, 1.82) is 0 Å². The predicted molar refractivity (Wildman–Crippen MR) is 65.9 cm³/mol. The number of piperidine rings is 1. The summed E-state index contributed by atoms with van der Waals surface area (Å²) in [4.78, 5) is 2.58. The van der Waals surface area contributed by atoms with Crippen LogP contribution in [0.15, 0.2) is 0 Å². The third kappa shape index (κ3) is 4.79. The van der Waals surface area contributed by atoms with Crippen LogP contribution in [0.1, 0.15) is 32.6 Å². The molecule has 0 aromatic rings. The smallest absolute Gasteiger partial charge is 0.389 e. The number of nitrogens with zero attached hydrogens (tertiary/aromatic N) is 1. The summed E-state index contributed by atoms with van der Waals surface area (Å²) in [5.74, 6) is 0. The Balaban J connectivity index is 2.26. The minimum Gasteiger partial charge on any atom is -0.393 e. The second kappa shape index (κ2) is 5.52. The molecule has 0 radical (unpaired) electrons. The van der Waals surface area contributed by atoms with Crippen molar-refractivity contribution in [3.05, 3.63) is 0 Å². The number of hydrogen-bond acceptors (Lipinski definition) is 2. The molecule has 0 aromatic carbocycles. The van der Waals surface area contributed by atoms with Gasteiger partial charge < -0.3 is 10.6 Å². The average molecular weight is 268 g/mol. The van der Waals surface area contributed by atoms with Crippen molar-refractivity contribution in [2.75, 3.05) is 19.6 Å². The zero-order valence-electron chi connectivity index (χ0n) is 10.0. The van der Waals surface area contributed by atoms with Crippen molar-refractivity contribution in [2.24, 2.45) is 11.1 Å². The first-order valence-electron chi connectivity index (χ1n) is 5.82. The highest BCUT2D eigenvalue weighted by molar-refractivity contribution is 7.80. The molecule has 1 fully saturated rings. The van der Waals surface area contributed by atoms with Gasteiger partial charge in [0.05, 0.1) is 4.99 Å². The number of alkyl halides is 3. The Labute approximate surface area is 105 Å². The van der Waals surface area contributed by atoms with E-state index in [-0.39, 0.29) is 11.8 Å². The van der Waals surface area contributed by atoms with Gasteiger partial charge in [0.25, 0.3) is 0 Å². The number of rotatable bonds is 4. The summed E-state index contributed by atoms with van der Waals surface area (Å²) in [6.07, 6.45) is -2.88. The van der Waals surface area contributed by atoms with Crippen LogP contribution in [0.2, 0.25) is 0 Å². The molecule has 0 amide bonds. The average Bonchev–Trinajstić information content (AvgIpc) is 2.19. The Kier molecular flexibility index (Phi) is 4.77. The molecule has 1 aliphatic rings. The molecule has 0 unspecified atom stereocenters. The van der Waals surface area contributed by atoms with Crippen LogP contribution in [0.4, 0.5) is 13.2 Å². The van der Waals surface area contributed by atoms with Gasteiger partial charge in [0.1, 0.15) is 0 Å². The van der Waals surface area contributed by atoms with E-state index in [2.05, 4.69) is 4.90 Å². The van der Waals surface area contributed by atoms with E-state index >= 15 is 0 Å². The van der Waals surface area contributed by atoms with E-state index < -0.39 is 12.6 Å². The molecule has 1 saturated heterocycles. The quantitative estimate of drug-likeness (QED) is 0.795. The molecule has 0 atom stereocenters. The Morgan fingerprint density at radius 3 is 2.29 bits per heavy atom. The molecule has 2 nitrogen and oxygen atoms in total. The van der Waals surface area contributed by atoms with Crippen molar-refractivity contribution >= 4 is 17.2 Å². The Bertz CT molecular complexity index is 270. The fourth-order valence-electron chi connectivity index (χ4n) is 2.02. The third-order valence-corrected chi connectivity index (χ3v) is 3.98. The second-order valence-corrected chi connectivity index (χ2v) is 5.43. The summed E-state index contributed by atoms with van der Waals surface area (Å²) in [6, 6.07) is 0. The van der Waals surface area contributed by atoms with Gasteiger partial charge in [-0.15, -0.1) is 0 Å². The van der Waals surface area contributed by atoms with Crippen molar-refractivity contribution in [1.82, 2.24) is 4.90 Å². The molecular weight excluding hydrogens is 249 g/mol. The van der Waals surface area contributed by atoms with Gasteiger partial charge in [-0.3, -0.25) is 0 Å². The summed E-state index contributed by atoms with van der Waals surface area (Å²) >= 11 is 5.01. The molecule has 0 saturated carbocycles. The summed E-state index contributed by atoms with van der Waals surface area (Å²) in [7, 11) is 0. The van der Waals surface area contributed by atoms with Crippen LogP contribution in [0.3, 0.4) is 0 Å². The maximum atomic E-state index is 12.0. The molecule has 1 rings (SSSR count). The zero-order valence-corrected chi connectivity index (χ0v) is 10.8. The highest BCUT2D eigenvalue weighted by atomic mass is 32.1. The van der Waals surface area contributed by atoms with E-state index in [1.165, 1.54) is 0 Å². The van der Waals surface area contributed by atoms with Crippen LogP contribution in [-0.2, 0) is 0 Å². The largest absolute Gasteiger partial charge is 0.393 e. The van der Waals surface area contributed by atoms with Crippen LogP contribution in [0.5, 0.6) is 0 Å². The van der Waals surface area contributed by atoms with Crippen molar-refractivity contribution in [2.45, 2.75) is 38.8 Å². The lowest BCUT2D eigenvalue weighted by Gasteiger charge is -2.38. The number of thiocarbonyl (C=S) groups is 1. The lowest BCUT2D eigenvalue weighted by molar-refractivity contribution is -0.136. The SMILES string of the molecule is CC1(C(N)=S)CCN(CCCC(F)(F)F)CC1.